The van der Waals surface area contributed by atoms with Crippen LogP contribution in [0.5, 0.6) is 0 Å². The van der Waals surface area contributed by atoms with Crippen LogP contribution in [0.15, 0.2) is 48.5 Å². The van der Waals surface area contributed by atoms with Crippen LogP contribution in [0.2, 0.25) is 0 Å². The fourth-order valence-electron chi connectivity index (χ4n) is 2.26. The van der Waals surface area contributed by atoms with E-state index in [1.54, 1.807) is 6.07 Å². The van der Waals surface area contributed by atoms with Gasteiger partial charge in [-0.3, -0.25) is 4.79 Å². The molecule has 4 nitrogen and oxygen atoms in total. The van der Waals surface area contributed by atoms with Crippen LogP contribution >= 0.6 is 22.6 Å². The van der Waals surface area contributed by atoms with E-state index in [-0.39, 0.29) is 12.3 Å². The molecule has 23 heavy (non-hydrogen) atoms. The lowest BCUT2D eigenvalue weighted by molar-refractivity contribution is -0.306. The first-order valence-corrected chi connectivity index (χ1v) is 8.34. The molecule has 2 rings (SSSR count). The standard InChI is InChI=1S/C18H18INO3/c1-12-6-8-13(9-7-12)10-14(11-17(21)22)18(23)20-16-5-3-2-4-15(16)19/h2-9,14H,10-11H2,1H3,(H,20,23)(H,21,22)/p-1/t14-/m1/s1. The van der Waals surface area contributed by atoms with Crippen molar-refractivity contribution < 1.29 is 14.7 Å². The van der Waals surface area contributed by atoms with Gasteiger partial charge in [0.05, 0.1) is 5.69 Å². The molecule has 1 amide bonds. The van der Waals surface area contributed by atoms with Gasteiger partial charge in [-0.05, 0) is 60.1 Å². The first-order valence-electron chi connectivity index (χ1n) is 7.26. The summed E-state index contributed by atoms with van der Waals surface area (Å²) in [5.74, 6) is -2.20. The fraction of sp³-hybridized carbons (Fsp3) is 0.222. The van der Waals surface area contributed by atoms with Crippen LogP contribution in [0.25, 0.3) is 0 Å². The molecule has 0 radical (unpaired) electrons. The van der Waals surface area contributed by atoms with Crippen LogP contribution < -0.4 is 10.4 Å². The number of anilines is 1. The SMILES string of the molecule is Cc1ccc(C[C@H](CC(=O)[O-])C(=O)Nc2ccccc2I)cc1. The molecule has 2 aromatic carbocycles. The van der Waals surface area contributed by atoms with Gasteiger partial charge < -0.3 is 15.2 Å². The quantitative estimate of drug-likeness (QED) is 0.728. The Bertz CT molecular complexity index is 698. The largest absolute Gasteiger partial charge is 0.550 e. The smallest absolute Gasteiger partial charge is 0.228 e. The van der Waals surface area contributed by atoms with Crippen molar-refractivity contribution in [2.24, 2.45) is 5.92 Å². The number of carboxylic acids is 1. The third-order valence-corrected chi connectivity index (χ3v) is 4.46. The number of aryl methyl sites for hydroxylation is 1. The van der Waals surface area contributed by atoms with E-state index < -0.39 is 11.9 Å². The van der Waals surface area contributed by atoms with Crippen LogP contribution in [-0.2, 0) is 16.0 Å². The number of carboxylic acid groups (broad SMARTS) is 1. The van der Waals surface area contributed by atoms with Crippen molar-refractivity contribution in [2.45, 2.75) is 19.8 Å². The summed E-state index contributed by atoms with van der Waals surface area (Å²) in [4.78, 5) is 23.5. The Balaban J connectivity index is 2.13. The molecule has 0 heterocycles. The third-order valence-electron chi connectivity index (χ3n) is 3.52. The number of para-hydroxylation sites is 1. The van der Waals surface area contributed by atoms with Gasteiger partial charge in [0, 0.05) is 15.5 Å². The number of benzene rings is 2. The molecule has 0 aromatic heterocycles. The molecule has 0 aliphatic heterocycles. The average molecular weight is 422 g/mol. The number of nitrogens with one attached hydrogen (secondary N) is 1. The summed E-state index contributed by atoms with van der Waals surface area (Å²) in [7, 11) is 0. The second-order valence-corrected chi connectivity index (χ2v) is 6.59. The Kier molecular flexibility index (Phi) is 6.15. The Hall–Kier alpha value is -1.89. The lowest BCUT2D eigenvalue weighted by atomic mass is 9.94. The number of aliphatic carboxylic acids is 1. The van der Waals surface area contributed by atoms with Gasteiger partial charge in [0.15, 0.2) is 0 Å². The summed E-state index contributed by atoms with van der Waals surface area (Å²) >= 11 is 2.13. The molecule has 2 aromatic rings. The molecule has 0 aliphatic carbocycles. The zero-order valence-corrected chi connectivity index (χ0v) is 14.9. The van der Waals surface area contributed by atoms with Crippen molar-refractivity contribution in [3.8, 4) is 0 Å². The van der Waals surface area contributed by atoms with E-state index in [9.17, 15) is 14.7 Å². The monoisotopic (exact) mass is 422 g/mol. The molecule has 0 saturated carbocycles. The Morgan fingerprint density at radius 2 is 1.78 bits per heavy atom. The van der Waals surface area contributed by atoms with Gasteiger partial charge in [0.2, 0.25) is 5.91 Å². The van der Waals surface area contributed by atoms with E-state index in [2.05, 4.69) is 27.9 Å². The van der Waals surface area contributed by atoms with Crippen molar-refractivity contribution in [1.82, 2.24) is 0 Å². The lowest BCUT2D eigenvalue weighted by Gasteiger charge is -2.18. The fourth-order valence-corrected chi connectivity index (χ4v) is 2.79. The van der Waals surface area contributed by atoms with Crippen LogP contribution in [0.4, 0.5) is 5.69 Å². The van der Waals surface area contributed by atoms with Crippen LogP contribution in [0.1, 0.15) is 17.5 Å². The summed E-state index contributed by atoms with van der Waals surface area (Å²) in [6.07, 6.45) is 0.0621. The van der Waals surface area contributed by atoms with Crippen LogP contribution in [0.3, 0.4) is 0 Å². The normalized spacial score (nSPS) is 11.7. The van der Waals surface area contributed by atoms with E-state index in [1.807, 2.05) is 49.4 Å². The maximum Gasteiger partial charge on any atom is 0.228 e. The molecule has 0 bridgehead atoms. The first kappa shape index (κ1) is 17.5. The van der Waals surface area contributed by atoms with Crippen molar-refractivity contribution in [2.75, 3.05) is 5.32 Å². The maximum absolute atomic E-state index is 12.5. The van der Waals surface area contributed by atoms with E-state index in [1.165, 1.54) is 0 Å². The summed E-state index contributed by atoms with van der Waals surface area (Å²) in [6, 6.07) is 15.1. The zero-order valence-electron chi connectivity index (χ0n) is 12.7. The van der Waals surface area contributed by atoms with Gasteiger partial charge in [-0.1, -0.05) is 42.0 Å². The van der Waals surface area contributed by atoms with Crippen molar-refractivity contribution in [3.63, 3.8) is 0 Å². The molecule has 0 spiro atoms. The number of rotatable bonds is 6. The highest BCUT2D eigenvalue weighted by atomic mass is 127. The molecule has 0 unspecified atom stereocenters. The minimum absolute atomic E-state index is 0.302. The van der Waals surface area contributed by atoms with E-state index in [4.69, 9.17) is 0 Å². The molecule has 5 heteroatoms. The molecule has 1 atom stereocenters. The zero-order chi connectivity index (χ0) is 16.8. The maximum atomic E-state index is 12.5. The number of hydrogen-bond donors (Lipinski definition) is 1. The summed E-state index contributed by atoms with van der Waals surface area (Å²) < 4.78 is 0.904. The van der Waals surface area contributed by atoms with Crippen molar-refractivity contribution >= 4 is 40.2 Å². The molecule has 0 saturated heterocycles. The topological polar surface area (TPSA) is 69.2 Å². The summed E-state index contributed by atoms with van der Waals surface area (Å²) in [5, 5.41) is 13.8. The highest BCUT2D eigenvalue weighted by molar-refractivity contribution is 14.1. The summed E-state index contributed by atoms with van der Waals surface area (Å²) in [6.45, 7) is 1.98. The van der Waals surface area contributed by atoms with Crippen molar-refractivity contribution in [1.29, 1.82) is 0 Å². The number of carbonyl (C=O) groups excluding carboxylic acids is 2. The predicted octanol–water partition coefficient (Wildman–Crippen LogP) is 2.54. The minimum atomic E-state index is -1.22. The van der Waals surface area contributed by atoms with E-state index >= 15 is 0 Å². The number of halogens is 1. The van der Waals surface area contributed by atoms with E-state index in [0.29, 0.717) is 12.1 Å². The number of carbonyl (C=O) groups is 2. The highest BCUT2D eigenvalue weighted by Crippen LogP contribution is 2.20. The number of hydrogen-bond acceptors (Lipinski definition) is 3. The van der Waals surface area contributed by atoms with Crippen LogP contribution in [0, 0.1) is 16.4 Å². The van der Waals surface area contributed by atoms with Gasteiger partial charge in [-0.15, -0.1) is 0 Å². The molecular formula is C18H17INO3-. The predicted molar refractivity (Wildman–Crippen MR) is 95.8 cm³/mol. The molecule has 120 valence electrons. The summed E-state index contributed by atoms with van der Waals surface area (Å²) in [5.41, 5.74) is 2.73. The van der Waals surface area contributed by atoms with Gasteiger partial charge in [0.1, 0.15) is 0 Å². The van der Waals surface area contributed by atoms with Gasteiger partial charge in [-0.2, -0.15) is 0 Å². The van der Waals surface area contributed by atoms with E-state index in [0.717, 1.165) is 14.7 Å². The molecule has 0 aliphatic rings. The first-order chi connectivity index (χ1) is 11.0. The lowest BCUT2D eigenvalue weighted by Crippen LogP contribution is -2.32. The van der Waals surface area contributed by atoms with Crippen molar-refractivity contribution in [3.05, 3.63) is 63.2 Å². The Morgan fingerprint density at radius 1 is 1.13 bits per heavy atom. The van der Waals surface area contributed by atoms with Gasteiger partial charge in [-0.25, -0.2) is 0 Å². The Morgan fingerprint density at radius 3 is 2.39 bits per heavy atom. The minimum Gasteiger partial charge on any atom is -0.550 e. The Labute approximate surface area is 149 Å². The van der Waals surface area contributed by atoms with Crippen LogP contribution in [-0.4, -0.2) is 11.9 Å². The molecular weight excluding hydrogens is 405 g/mol. The second-order valence-electron chi connectivity index (χ2n) is 5.43. The second kappa shape index (κ2) is 8.10. The average Bonchev–Trinajstić information content (AvgIpc) is 2.50. The number of amides is 1. The van der Waals surface area contributed by atoms with Gasteiger partial charge >= 0.3 is 0 Å². The molecule has 1 N–H and O–H groups in total. The van der Waals surface area contributed by atoms with Gasteiger partial charge in [0.25, 0.3) is 0 Å². The highest BCUT2D eigenvalue weighted by Gasteiger charge is 2.20. The molecule has 0 fully saturated rings. The third kappa shape index (κ3) is 5.35.